The molecule has 1 aliphatic rings. The number of nitrogens with zero attached hydrogens (tertiary/aromatic N) is 4. The van der Waals surface area contributed by atoms with Gasteiger partial charge >= 0.3 is 0 Å². The fourth-order valence-corrected chi connectivity index (χ4v) is 4.79. The maximum atomic E-state index is 12.4. The maximum Gasteiger partial charge on any atom is 0.259 e. The predicted octanol–water partition coefficient (Wildman–Crippen LogP) is 3.47. The third kappa shape index (κ3) is 8.31. The summed E-state index contributed by atoms with van der Waals surface area (Å²) in [5.41, 5.74) is -0.320. The Bertz CT molecular complexity index is 501. The van der Waals surface area contributed by atoms with Gasteiger partial charge < -0.3 is 13.9 Å². The second-order valence-corrected chi connectivity index (χ2v) is 10.2. The van der Waals surface area contributed by atoms with Gasteiger partial charge in [0.1, 0.15) is 0 Å². The summed E-state index contributed by atoms with van der Waals surface area (Å²) in [5.74, 6) is 0.224. The Labute approximate surface area is 172 Å². The molecule has 1 atom stereocenters. The van der Waals surface area contributed by atoms with E-state index in [-0.39, 0.29) is 11.3 Å². The third-order valence-electron chi connectivity index (χ3n) is 4.57. The lowest BCUT2D eigenvalue weighted by molar-refractivity contribution is -0.141. The van der Waals surface area contributed by atoms with Crippen molar-refractivity contribution >= 4 is 14.4 Å². The average molecular weight is 415 g/mol. The van der Waals surface area contributed by atoms with Gasteiger partial charge in [-0.2, -0.15) is 5.26 Å². The highest BCUT2D eigenvalue weighted by molar-refractivity contribution is 7.44. The van der Waals surface area contributed by atoms with Crippen LogP contribution in [0.15, 0.2) is 0 Å². The molecule has 0 aliphatic carbocycles. The second-order valence-electron chi connectivity index (χ2n) is 8.76. The molecule has 0 aromatic rings. The molecule has 28 heavy (non-hydrogen) atoms. The summed E-state index contributed by atoms with van der Waals surface area (Å²) >= 11 is 0. The molecule has 0 spiro atoms. The number of nitriles is 1. The van der Waals surface area contributed by atoms with Crippen molar-refractivity contribution in [2.45, 2.75) is 67.0 Å². The van der Waals surface area contributed by atoms with Gasteiger partial charge in [-0.05, 0) is 27.7 Å². The van der Waals surface area contributed by atoms with Crippen molar-refractivity contribution in [3.8, 4) is 6.07 Å². The number of amides is 1. The smallest absolute Gasteiger partial charge is 0.259 e. The number of rotatable bonds is 10. The molecule has 1 aliphatic heterocycles. The fourth-order valence-electron chi connectivity index (χ4n) is 3.21. The molecule has 1 saturated heterocycles. The largest absolute Gasteiger partial charge is 0.340 e. The standard InChI is InChI=1S/C20H39N4O3P/c1-17(2)24(18(3)4)28(26-15-8-9-21)27-16-14-22-10-12-23(13-11-22)19(25)20(5,6)7/h17-18H,8,10-16H2,1-7H3. The van der Waals surface area contributed by atoms with Crippen molar-refractivity contribution in [2.24, 2.45) is 5.41 Å². The van der Waals surface area contributed by atoms with Crippen LogP contribution in [-0.2, 0) is 13.8 Å². The highest BCUT2D eigenvalue weighted by atomic mass is 31.2. The van der Waals surface area contributed by atoms with E-state index in [1.54, 1.807) is 0 Å². The Morgan fingerprint density at radius 2 is 1.61 bits per heavy atom. The quantitative estimate of drug-likeness (QED) is 0.403. The minimum absolute atomic E-state index is 0.224. The van der Waals surface area contributed by atoms with Crippen LogP contribution in [-0.4, -0.2) is 78.4 Å². The zero-order valence-electron chi connectivity index (χ0n) is 18.8. The highest BCUT2D eigenvalue weighted by Gasteiger charge is 2.30. The lowest BCUT2D eigenvalue weighted by Crippen LogP contribution is -2.52. The number of carbonyl (C=O) groups is 1. The van der Waals surface area contributed by atoms with Gasteiger partial charge in [-0.15, -0.1) is 0 Å². The van der Waals surface area contributed by atoms with Gasteiger partial charge in [0, 0.05) is 50.2 Å². The van der Waals surface area contributed by atoms with Crippen molar-refractivity contribution in [3.05, 3.63) is 0 Å². The summed E-state index contributed by atoms with van der Waals surface area (Å²) in [5, 5.41) is 8.78. The van der Waals surface area contributed by atoms with Gasteiger partial charge in [0.25, 0.3) is 8.53 Å². The summed E-state index contributed by atoms with van der Waals surface area (Å²) in [6, 6.07) is 2.73. The van der Waals surface area contributed by atoms with Crippen molar-refractivity contribution in [1.29, 1.82) is 5.26 Å². The van der Waals surface area contributed by atoms with E-state index in [2.05, 4.69) is 43.3 Å². The molecule has 0 bridgehead atoms. The lowest BCUT2D eigenvalue weighted by Gasteiger charge is -2.38. The molecule has 0 N–H and O–H groups in total. The fraction of sp³-hybridized carbons (Fsp3) is 0.900. The Hall–Kier alpha value is -0.770. The Kier molecular flexibility index (Phi) is 10.9. The van der Waals surface area contributed by atoms with Gasteiger partial charge in [0.05, 0.1) is 25.7 Å². The van der Waals surface area contributed by atoms with Crippen molar-refractivity contribution in [1.82, 2.24) is 14.5 Å². The van der Waals surface area contributed by atoms with Crippen LogP contribution in [0.25, 0.3) is 0 Å². The van der Waals surface area contributed by atoms with E-state index < -0.39 is 8.53 Å². The Morgan fingerprint density at radius 1 is 1.07 bits per heavy atom. The molecule has 0 radical (unpaired) electrons. The minimum atomic E-state index is -1.19. The molecule has 1 unspecified atom stereocenters. The zero-order chi connectivity index (χ0) is 21.3. The SMILES string of the molecule is CC(C)N(C(C)C)P(OCCC#N)OCCN1CCN(C(=O)C(C)(C)C)CC1. The second kappa shape index (κ2) is 12.0. The first-order valence-electron chi connectivity index (χ1n) is 10.3. The summed E-state index contributed by atoms with van der Waals surface area (Å²) < 4.78 is 14.3. The minimum Gasteiger partial charge on any atom is -0.340 e. The summed E-state index contributed by atoms with van der Waals surface area (Å²) in [7, 11) is -1.19. The first-order chi connectivity index (χ1) is 13.1. The van der Waals surface area contributed by atoms with Crippen molar-refractivity contribution in [2.75, 3.05) is 45.9 Å². The van der Waals surface area contributed by atoms with Gasteiger partial charge in [-0.3, -0.25) is 9.69 Å². The molecule has 7 nitrogen and oxygen atoms in total. The van der Waals surface area contributed by atoms with E-state index in [1.807, 2.05) is 25.7 Å². The number of hydrogen-bond donors (Lipinski definition) is 0. The van der Waals surface area contributed by atoms with Crippen LogP contribution in [0.3, 0.4) is 0 Å². The first-order valence-corrected chi connectivity index (χ1v) is 11.4. The van der Waals surface area contributed by atoms with Gasteiger partial charge in [-0.1, -0.05) is 20.8 Å². The van der Waals surface area contributed by atoms with E-state index in [0.717, 1.165) is 32.7 Å². The molecule has 0 aromatic carbocycles. The predicted molar refractivity (Wildman–Crippen MR) is 114 cm³/mol. The Balaban J connectivity index is 2.49. The van der Waals surface area contributed by atoms with Crippen LogP contribution in [0, 0.1) is 16.7 Å². The molecule has 1 heterocycles. The lowest BCUT2D eigenvalue weighted by atomic mass is 9.94. The van der Waals surface area contributed by atoms with Crippen LogP contribution >= 0.6 is 8.53 Å². The summed E-state index contributed by atoms with van der Waals surface area (Å²) in [6.07, 6.45) is 0.371. The van der Waals surface area contributed by atoms with Crippen LogP contribution in [0.4, 0.5) is 0 Å². The zero-order valence-corrected chi connectivity index (χ0v) is 19.7. The number of carbonyl (C=O) groups excluding carboxylic acids is 1. The number of hydrogen-bond acceptors (Lipinski definition) is 6. The van der Waals surface area contributed by atoms with Gasteiger partial charge in [0.2, 0.25) is 5.91 Å². The van der Waals surface area contributed by atoms with Gasteiger partial charge in [0.15, 0.2) is 0 Å². The molecular formula is C20H39N4O3P. The number of piperazine rings is 1. The van der Waals surface area contributed by atoms with E-state index in [4.69, 9.17) is 14.3 Å². The van der Waals surface area contributed by atoms with E-state index in [1.165, 1.54) is 0 Å². The van der Waals surface area contributed by atoms with Crippen LogP contribution in [0.1, 0.15) is 54.9 Å². The third-order valence-corrected chi connectivity index (χ3v) is 6.68. The Morgan fingerprint density at radius 3 is 2.07 bits per heavy atom. The van der Waals surface area contributed by atoms with E-state index in [9.17, 15) is 4.79 Å². The normalized spacial score (nSPS) is 17.4. The summed E-state index contributed by atoms with van der Waals surface area (Å²) in [6.45, 7) is 19.5. The molecule has 162 valence electrons. The van der Waals surface area contributed by atoms with E-state index >= 15 is 0 Å². The molecule has 0 aromatic heterocycles. The molecule has 0 saturated carbocycles. The first kappa shape index (κ1) is 25.3. The van der Waals surface area contributed by atoms with Crippen molar-refractivity contribution in [3.63, 3.8) is 0 Å². The molecule has 8 heteroatoms. The topological polar surface area (TPSA) is 69.0 Å². The van der Waals surface area contributed by atoms with Crippen molar-refractivity contribution < 1.29 is 13.8 Å². The monoisotopic (exact) mass is 414 g/mol. The van der Waals surface area contributed by atoms with Crippen LogP contribution in [0.5, 0.6) is 0 Å². The molecule has 1 fully saturated rings. The maximum absolute atomic E-state index is 12.4. The molecule has 1 rings (SSSR count). The molecule has 1 amide bonds. The highest BCUT2D eigenvalue weighted by Crippen LogP contribution is 2.45. The van der Waals surface area contributed by atoms with Crippen LogP contribution in [0.2, 0.25) is 0 Å². The van der Waals surface area contributed by atoms with Crippen LogP contribution < -0.4 is 0 Å². The van der Waals surface area contributed by atoms with E-state index in [0.29, 0.717) is 31.7 Å². The summed E-state index contributed by atoms with van der Waals surface area (Å²) in [4.78, 5) is 16.7. The van der Waals surface area contributed by atoms with Gasteiger partial charge in [-0.25, -0.2) is 4.67 Å². The average Bonchev–Trinajstić information content (AvgIpc) is 2.60. The molecular weight excluding hydrogens is 375 g/mol.